The van der Waals surface area contributed by atoms with Gasteiger partial charge in [0.2, 0.25) is 0 Å². The van der Waals surface area contributed by atoms with E-state index >= 15 is 0 Å². The minimum atomic E-state index is -1.23. The molecule has 1 saturated carbocycles. The summed E-state index contributed by atoms with van der Waals surface area (Å²) in [6, 6.07) is 0. The largest absolute Gasteiger partial charge is 0.462 e. The Hall–Kier alpha value is -0.870. The molecule has 0 bridgehead atoms. The highest BCUT2D eigenvalue weighted by Gasteiger charge is 2.51. The number of halogens is 1. The standard InChI is InChI=1S/C18H26ClO4/c1-5-17(3,4)16(21)23-15-7-12(10-20)8-18(22)9-14(19)11(2)6-13(15)18/h6,9-13,15,22H,5,7-8H2,1-4H3/t11-,12-,13-,15-,18+/m0/s1. The second-order valence-electron chi connectivity index (χ2n) is 7.54. The van der Waals surface area contributed by atoms with Gasteiger partial charge in [0.15, 0.2) is 0 Å². The number of aliphatic hydroxyl groups is 1. The van der Waals surface area contributed by atoms with Crippen LogP contribution in [0.4, 0.5) is 0 Å². The van der Waals surface area contributed by atoms with E-state index in [0.717, 1.165) is 6.29 Å². The molecular weight excluding hydrogens is 316 g/mol. The molecule has 0 aromatic rings. The van der Waals surface area contributed by atoms with Gasteiger partial charge < -0.3 is 14.6 Å². The van der Waals surface area contributed by atoms with Crippen molar-refractivity contribution in [2.24, 2.45) is 23.2 Å². The van der Waals surface area contributed by atoms with E-state index in [1.165, 1.54) is 0 Å². The molecule has 2 aliphatic rings. The summed E-state index contributed by atoms with van der Waals surface area (Å²) in [5.41, 5.74) is -1.81. The van der Waals surface area contributed by atoms with Crippen LogP contribution >= 0.6 is 11.6 Å². The van der Waals surface area contributed by atoms with Crippen LogP contribution in [0.3, 0.4) is 0 Å². The zero-order valence-corrected chi connectivity index (χ0v) is 15.0. The molecule has 0 aliphatic heterocycles. The van der Waals surface area contributed by atoms with E-state index in [1.807, 2.05) is 34.1 Å². The van der Waals surface area contributed by atoms with Crippen molar-refractivity contribution >= 4 is 23.9 Å². The second-order valence-corrected chi connectivity index (χ2v) is 7.98. The second kappa shape index (κ2) is 6.56. The Kier molecular flexibility index (Phi) is 5.27. The van der Waals surface area contributed by atoms with Gasteiger partial charge in [-0.2, -0.15) is 0 Å². The number of ether oxygens (including phenoxy) is 1. The number of aldehydes is 1. The molecule has 5 atom stereocenters. The Morgan fingerprint density at radius 2 is 2.22 bits per heavy atom. The summed E-state index contributed by atoms with van der Waals surface area (Å²) in [5, 5.41) is 11.5. The highest BCUT2D eigenvalue weighted by atomic mass is 35.5. The van der Waals surface area contributed by atoms with Gasteiger partial charge in [-0.05, 0) is 51.5 Å². The number of carbonyl (C=O) groups is 2. The average Bonchev–Trinajstić information content (AvgIpc) is 2.48. The lowest BCUT2D eigenvalue weighted by Gasteiger charge is -2.48. The van der Waals surface area contributed by atoms with Crippen LogP contribution in [0.2, 0.25) is 0 Å². The van der Waals surface area contributed by atoms with E-state index in [2.05, 4.69) is 0 Å². The van der Waals surface area contributed by atoms with Gasteiger partial charge in [-0.3, -0.25) is 4.79 Å². The highest BCUT2D eigenvalue weighted by Crippen LogP contribution is 2.47. The number of carbonyl (C=O) groups excluding carboxylic acids is 2. The molecule has 4 nitrogen and oxygen atoms in total. The summed E-state index contributed by atoms with van der Waals surface area (Å²) in [6.45, 7) is 7.56. The van der Waals surface area contributed by atoms with Crippen LogP contribution in [0.25, 0.3) is 0 Å². The molecule has 1 fully saturated rings. The number of esters is 1. The average molecular weight is 342 g/mol. The van der Waals surface area contributed by atoms with E-state index in [-0.39, 0.29) is 23.7 Å². The molecule has 0 unspecified atom stereocenters. The molecule has 23 heavy (non-hydrogen) atoms. The fraction of sp³-hybridized carbons (Fsp3) is 0.722. The molecule has 0 amide bonds. The van der Waals surface area contributed by atoms with Crippen molar-refractivity contribution in [3.63, 3.8) is 0 Å². The van der Waals surface area contributed by atoms with Crippen molar-refractivity contribution in [1.29, 1.82) is 0 Å². The highest BCUT2D eigenvalue weighted by molar-refractivity contribution is 6.30. The number of fused-ring (bicyclic) bond motifs is 1. The van der Waals surface area contributed by atoms with Gasteiger partial charge in [0, 0.05) is 16.9 Å². The van der Waals surface area contributed by atoms with Gasteiger partial charge in [-0.1, -0.05) is 25.4 Å². The van der Waals surface area contributed by atoms with Crippen LogP contribution in [-0.4, -0.2) is 29.1 Å². The van der Waals surface area contributed by atoms with Gasteiger partial charge in [-0.15, -0.1) is 0 Å². The van der Waals surface area contributed by atoms with Crippen LogP contribution in [0.1, 0.15) is 47.0 Å². The van der Waals surface area contributed by atoms with Crippen LogP contribution in [-0.2, 0) is 14.3 Å². The lowest BCUT2D eigenvalue weighted by Crippen LogP contribution is -2.54. The lowest BCUT2D eigenvalue weighted by molar-refractivity contribution is -0.173. The first kappa shape index (κ1) is 18.5. The molecular formula is C18H26ClO4. The quantitative estimate of drug-likeness (QED) is 0.629. The summed E-state index contributed by atoms with van der Waals surface area (Å²) in [5.74, 6) is -0.982. The molecule has 2 rings (SSSR count). The maximum absolute atomic E-state index is 12.4. The van der Waals surface area contributed by atoms with Crippen molar-refractivity contribution in [2.75, 3.05) is 0 Å². The van der Waals surface area contributed by atoms with Gasteiger partial charge in [0.25, 0.3) is 0 Å². The first-order valence-corrected chi connectivity index (χ1v) is 8.62. The molecule has 0 aromatic heterocycles. The summed E-state index contributed by atoms with van der Waals surface area (Å²) in [6.07, 6.45) is 5.32. The van der Waals surface area contributed by atoms with Crippen molar-refractivity contribution in [3.8, 4) is 0 Å². The number of allylic oxidation sites excluding steroid dienone is 1. The third-order valence-corrected chi connectivity index (χ3v) is 5.76. The van der Waals surface area contributed by atoms with Crippen molar-refractivity contribution in [2.45, 2.75) is 58.7 Å². The molecule has 1 radical (unpaired) electrons. The SMILES string of the molecule is CCC(C)(C)C(=O)O[C@H]1C[C@H](C=O)C[C@@]2(O)C=C(Cl)[C@@H](C)[CH][C@@H]12. The fourth-order valence-electron chi connectivity index (χ4n) is 3.29. The molecule has 0 aromatic carbocycles. The van der Waals surface area contributed by atoms with Crippen molar-refractivity contribution in [3.05, 3.63) is 17.5 Å². The Balaban J connectivity index is 2.28. The monoisotopic (exact) mass is 341 g/mol. The lowest BCUT2D eigenvalue weighted by atomic mass is 9.64. The van der Waals surface area contributed by atoms with Crippen LogP contribution in [0, 0.1) is 29.6 Å². The molecule has 2 aliphatic carbocycles. The molecule has 0 saturated heterocycles. The molecule has 1 N–H and O–H groups in total. The Bertz CT molecular complexity index is 513. The minimum absolute atomic E-state index is 0.00453. The number of hydrogen-bond acceptors (Lipinski definition) is 4. The predicted molar refractivity (Wildman–Crippen MR) is 88.6 cm³/mol. The predicted octanol–water partition coefficient (Wildman–Crippen LogP) is 3.27. The Morgan fingerprint density at radius 3 is 2.78 bits per heavy atom. The van der Waals surface area contributed by atoms with Crippen molar-refractivity contribution < 1.29 is 19.4 Å². The van der Waals surface area contributed by atoms with E-state index in [0.29, 0.717) is 24.3 Å². The van der Waals surface area contributed by atoms with Crippen molar-refractivity contribution in [1.82, 2.24) is 0 Å². The van der Waals surface area contributed by atoms with E-state index in [1.54, 1.807) is 6.08 Å². The van der Waals surface area contributed by atoms with Crippen LogP contribution < -0.4 is 0 Å². The maximum atomic E-state index is 12.4. The fourth-order valence-corrected chi connectivity index (χ4v) is 3.55. The molecule has 0 heterocycles. The van der Waals surface area contributed by atoms with E-state index < -0.39 is 17.1 Å². The molecule has 0 spiro atoms. The number of rotatable bonds is 4. The van der Waals surface area contributed by atoms with E-state index in [9.17, 15) is 14.7 Å². The smallest absolute Gasteiger partial charge is 0.311 e. The van der Waals surface area contributed by atoms with Crippen LogP contribution in [0.15, 0.2) is 11.1 Å². The zero-order chi connectivity index (χ0) is 17.4. The third-order valence-electron chi connectivity index (χ3n) is 5.31. The third kappa shape index (κ3) is 3.63. The summed E-state index contributed by atoms with van der Waals surface area (Å²) in [4.78, 5) is 23.7. The zero-order valence-electron chi connectivity index (χ0n) is 14.2. The van der Waals surface area contributed by atoms with Gasteiger partial charge in [0.05, 0.1) is 11.0 Å². The van der Waals surface area contributed by atoms with E-state index in [4.69, 9.17) is 16.3 Å². The summed E-state index contributed by atoms with van der Waals surface area (Å²) < 4.78 is 5.74. The van der Waals surface area contributed by atoms with Gasteiger partial charge in [-0.25, -0.2) is 0 Å². The maximum Gasteiger partial charge on any atom is 0.311 e. The van der Waals surface area contributed by atoms with Crippen LogP contribution in [0.5, 0.6) is 0 Å². The number of hydrogen-bond donors (Lipinski definition) is 1. The first-order valence-electron chi connectivity index (χ1n) is 8.25. The Labute approximate surface area is 143 Å². The summed E-state index contributed by atoms with van der Waals surface area (Å²) in [7, 11) is 0. The summed E-state index contributed by atoms with van der Waals surface area (Å²) >= 11 is 6.19. The first-order chi connectivity index (χ1) is 10.6. The minimum Gasteiger partial charge on any atom is -0.462 e. The topological polar surface area (TPSA) is 63.6 Å². The normalized spacial score (nSPS) is 37.6. The van der Waals surface area contributed by atoms with Gasteiger partial charge in [0.1, 0.15) is 12.4 Å². The Morgan fingerprint density at radius 1 is 1.57 bits per heavy atom. The molecule has 129 valence electrons. The molecule has 5 heteroatoms. The van der Waals surface area contributed by atoms with Gasteiger partial charge >= 0.3 is 5.97 Å².